The van der Waals surface area contributed by atoms with Gasteiger partial charge in [0.2, 0.25) is 17.7 Å². The van der Waals surface area contributed by atoms with E-state index in [1.54, 1.807) is 18.2 Å². The SMILES string of the molecule is CC(C)CCC[C@H](C)CC(=O)Nc1cc(NC(=O)C[C@@H](C)CCCC(C)C)cc(NC(=O)C[C@@H](C)CCCC(C)C)c1. The Morgan fingerprint density at radius 1 is 0.452 bits per heavy atom. The summed E-state index contributed by atoms with van der Waals surface area (Å²) < 4.78 is 0. The molecule has 0 aliphatic heterocycles. The number of carbonyl (C=O) groups excluding carboxylic acids is 3. The fourth-order valence-electron chi connectivity index (χ4n) is 5.36. The maximum atomic E-state index is 12.9. The van der Waals surface area contributed by atoms with Gasteiger partial charge in [-0.05, 0) is 53.7 Å². The second-order valence-electron chi connectivity index (χ2n) is 14.3. The standard InChI is InChI=1S/C36H63N3O3/c1-25(2)13-10-16-28(7)19-34(40)37-31-22-32(38-35(41)20-29(8)17-11-14-26(3)4)24-33(23-31)39-36(42)21-30(9)18-12-15-27(5)6/h22-30H,10-21H2,1-9H3,(H,37,40)(H,38,41)(H,39,42)/t28-,29-,30-/m0/s1. The summed E-state index contributed by atoms with van der Waals surface area (Å²) in [5.41, 5.74) is 1.74. The van der Waals surface area contributed by atoms with Gasteiger partial charge in [-0.3, -0.25) is 14.4 Å². The van der Waals surface area contributed by atoms with E-state index in [1.807, 2.05) is 0 Å². The maximum absolute atomic E-state index is 12.9. The van der Waals surface area contributed by atoms with Gasteiger partial charge in [-0.25, -0.2) is 0 Å². The topological polar surface area (TPSA) is 87.3 Å². The number of hydrogen-bond donors (Lipinski definition) is 3. The first kappa shape index (κ1) is 37.7. The smallest absolute Gasteiger partial charge is 0.224 e. The molecule has 3 N–H and O–H groups in total. The van der Waals surface area contributed by atoms with Gasteiger partial charge in [0.25, 0.3) is 0 Å². The lowest BCUT2D eigenvalue weighted by atomic mass is 9.97. The van der Waals surface area contributed by atoms with Gasteiger partial charge >= 0.3 is 0 Å². The van der Waals surface area contributed by atoms with E-state index in [1.165, 1.54) is 19.3 Å². The van der Waals surface area contributed by atoms with Crippen LogP contribution < -0.4 is 16.0 Å². The van der Waals surface area contributed by atoms with Crippen LogP contribution in [0.3, 0.4) is 0 Å². The van der Waals surface area contributed by atoms with Crippen LogP contribution in [0.2, 0.25) is 0 Å². The predicted octanol–water partition coefficient (Wildman–Crippen LogP) is 10.1. The normalized spacial score (nSPS) is 13.7. The number of benzene rings is 1. The van der Waals surface area contributed by atoms with Crippen molar-refractivity contribution in [1.29, 1.82) is 0 Å². The van der Waals surface area contributed by atoms with Crippen molar-refractivity contribution in [2.24, 2.45) is 35.5 Å². The minimum absolute atomic E-state index is 0.0506. The molecule has 0 fully saturated rings. The van der Waals surface area contributed by atoms with Crippen LogP contribution in [0.4, 0.5) is 17.1 Å². The zero-order valence-electron chi connectivity index (χ0n) is 28.4. The van der Waals surface area contributed by atoms with Crippen LogP contribution in [0.5, 0.6) is 0 Å². The molecule has 0 saturated carbocycles. The molecule has 0 aromatic heterocycles. The highest BCUT2D eigenvalue weighted by Crippen LogP contribution is 2.26. The van der Waals surface area contributed by atoms with Gasteiger partial charge in [0.15, 0.2) is 0 Å². The largest absolute Gasteiger partial charge is 0.326 e. The van der Waals surface area contributed by atoms with Crippen molar-refractivity contribution >= 4 is 34.8 Å². The molecular weight excluding hydrogens is 522 g/mol. The van der Waals surface area contributed by atoms with Gasteiger partial charge in [-0.1, -0.05) is 120 Å². The molecule has 240 valence electrons. The molecule has 1 aromatic carbocycles. The van der Waals surface area contributed by atoms with Crippen molar-refractivity contribution < 1.29 is 14.4 Å². The lowest BCUT2D eigenvalue weighted by molar-refractivity contribution is -0.117. The lowest BCUT2D eigenvalue weighted by Crippen LogP contribution is -2.19. The Morgan fingerprint density at radius 3 is 0.905 bits per heavy atom. The molecule has 0 radical (unpaired) electrons. The average Bonchev–Trinajstić information content (AvgIpc) is 2.82. The van der Waals surface area contributed by atoms with Crippen LogP contribution in [-0.4, -0.2) is 17.7 Å². The monoisotopic (exact) mass is 585 g/mol. The number of carbonyl (C=O) groups is 3. The molecule has 6 heteroatoms. The highest BCUT2D eigenvalue weighted by Gasteiger charge is 2.15. The molecule has 3 amide bonds. The van der Waals surface area contributed by atoms with Gasteiger partial charge in [0.05, 0.1) is 0 Å². The van der Waals surface area contributed by atoms with E-state index in [0.29, 0.717) is 71.8 Å². The Kier molecular flexibility index (Phi) is 18.4. The third-order valence-corrected chi connectivity index (χ3v) is 7.82. The second-order valence-corrected chi connectivity index (χ2v) is 14.3. The predicted molar refractivity (Wildman–Crippen MR) is 180 cm³/mol. The average molecular weight is 586 g/mol. The van der Waals surface area contributed by atoms with Crippen LogP contribution >= 0.6 is 0 Å². The zero-order chi connectivity index (χ0) is 31.7. The summed E-state index contributed by atoms with van der Waals surface area (Å²) in [7, 11) is 0. The summed E-state index contributed by atoms with van der Waals surface area (Å²) in [6.45, 7) is 19.7. The first-order valence-corrected chi connectivity index (χ1v) is 16.8. The first-order chi connectivity index (χ1) is 19.7. The Morgan fingerprint density at radius 2 is 0.690 bits per heavy atom. The van der Waals surface area contributed by atoms with Crippen LogP contribution in [-0.2, 0) is 14.4 Å². The van der Waals surface area contributed by atoms with Crippen molar-refractivity contribution in [1.82, 2.24) is 0 Å². The Labute approximate surface area is 258 Å². The number of amides is 3. The van der Waals surface area contributed by atoms with Crippen LogP contribution in [0.25, 0.3) is 0 Å². The summed E-state index contributed by atoms with van der Waals surface area (Å²) in [4.78, 5) is 38.7. The van der Waals surface area contributed by atoms with Gasteiger partial charge in [0, 0.05) is 36.3 Å². The maximum Gasteiger partial charge on any atom is 0.224 e. The number of hydrogen-bond acceptors (Lipinski definition) is 3. The third-order valence-electron chi connectivity index (χ3n) is 7.82. The van der Waals surface area contributed by atoms with Gasteiger partial charge < -0.3 is 16.0 Å². The third kappa shape index (κ3) is 18.9. The van der Waals surface area contributed by atoms with Gasteiger partial charge in [0.1, 0.15) is 0 Å². The summed E-state index contributed by atoms with van der Waals surface area (Å²) in [5, 5.41) is 9.05. The zero-order valence-corrected chi connectivity index (χ0v) is 28.4. The Hall–Kier alpha value is -2.37. The molecule has 6 nitrogen and oxygen atoms in total. The van der Waals surface area contributed by atoms with Crippen molar-refractivity contribution in [3.05, 3.63) is 18.2 Å². The molecule has 0 spiro atoms. The minimum atomic E-state index is -0.0506. The lowest BCUT2D eigenvalue weighted by Gasteiger charge is -2.17. The second kappa shape index (κ2) is 20.5. The van der Waals surface area contributed by atoms with Crippen LogP contribution in [0, 0.1) is 35.5 Å². The molecule has 0 saturated heterocycles. The van der Waals surface area contributed by atoms with E-state index in [0.717, 1.165) is 38.5 Å². The molecule has 0 aliphatic carbocycles. The van der Waals surface area contributed by atoms with E-state index in [2.05, 4.69) is 78.3 Å². The van der Waals surface area contributed by atoms with E-state index in [9.17, 15) is 14.4 Å². The van der Waals surface area contributed by atoms with E-state index in [-0.39, 0.29) is 17.7 Å². The van der Waals surface area contributed by atoms with Crippen molar-refractivity contribution in [3.8, 4) is 0 Å². The molecule has 0 heterocycles. The van der Waals surface area contributed by atoms with Gasteiger partial charge in [-0.2, -0.15) is 0 Å². The molecular formula is C36H63N3O3. The number of rotatable bonds is 21. The summed E-state index contributed by atoms with van der Waals surface area (Å²) in [6.07, 6.45) is 11.3. The molecule has 0 aliphatic rings. The number of anilines is 3. The van der Waals surface area contributed by atoms with E-state index in [4.69, 9.17) is 0 Å². The highest BCUT2D eigenvalue weighted by atomic mass is 16.2. The van der Waals surface area contributed by atoms with Crippen LogP contribution in [0.15, 0.2) is 18.2 Å². The van der Waals surface area contributed by atoms with E-state index >= 15 is 0 Å². The fraction of sp³-hybridized carbons (Fsp3) is 0.750. The summed E-state index contributed by atoms with van der Waals surface area (Å²) >= 11 is 0. The van der Waals surface area contributed by atoms with E-state index < -0.39 is 0 Å². The molecule has 42 heavy (non-hydrogen) atoms. The molecule has 1 aromatic rings. The summed E-state index contributed by atoms with van der Waals surface area (Å²) in [5.74, 6) is 2.73. The number of nitrogens with one attached hydrogen (secondary N) is 3. The first-order valence-electron chi connectivity index (χ1n) is 16.8. The summed E-state index contributed by atoms with van der Waals surface area (Å²) in [6, 6.07) is 5.35. The molecule has 3 atom stereocenters. The minimum Gasteiger partial charge on any atom is -0.326 e. The highest BCUT2D eigenvalue weighted by molar-refractivity contribution is 5.97. The molecule has 1 rings (SSSR count). The van der Waals surface area contributed by atoms with Crippen molar-refractivity contribution in [2.75, 3.05) is 16.0 Å². The quantitative estimate of drug-likeness (QED) is 0.134. The Bertz CT molecular complexity index is 810. The van der Waals surface area contributed by atoms with Crippen molar-refractivity contribution in [2.45, 2.75) is 139 Å². The van der Waals surface area contributed by atoms with Gasteiger partial charge in [-0.15, -0.1) is 0 Å². The van der Waals surface area contributed by atoms with Crippen LogP contribution in [0.1, 0.15) is 139 Å². The molecule has 0 unspecified atom stereocenters. The van der Waals surface area contributed by atoms with Crippen molar-refractivity contribution in [3.63, 3.8) is 0 Å². The Balaban J connectivity index is 2.90. The molecule has 0 bridgehead atoms. The fourth-order valence-corrected chi connectivity index (χ4v) is 5.36.